The zero-order valence-electron chi connectivity index (χ0n) is 19.0. The first-order valence-electron chi connectivity index (χ1n) is 10.4. The maximum Gasteiger partial charge on any atom is 0.419 e. The number of ether oxygens (including phenoxy) is 3. The first-order chi connectivity index (χ1) is 15.8. The van der Waals surface area contributed by atoms with Crippen LogP contribution in [-0.2, 0) is 23.6 Å². The van der Waals surface area contributed by atoms with Gasteiger partial charge in [-0.05, 0) is 18.2 Å². The van der Waals surface area contributed by atoms with Crippen LogP contribution in [0, 0.1) is 0 Å². The van der Waals surface area contributed by atoms with Crippen molar-refractivity contribution in [1.82, 2.24) is 13.8 Å². The van der Waals surface area contributed by atoms with Gasteiger partial charge in [0.15, 0.2) is 17.1 Å². The Kier molecular flexibility index (Phi) is 6.37. The van der Waals surface area contributed by atoms with Crippen LogP contribution in [-0.4, -0.2) is 69.7 Å². The molecule has 0 bridgehead atoms. The maximum absolute atomic E-state index is 13.2. The van der Waals surface area contributed by atoms with Gasteiger partial charge in [-0.25, -0.2) is 13.2 Å². The van der Waals surface area contributed by atoms with Crippen molar-refractivity contribution in [2.75, 3.05) is 47.5 Å². The van der Waals surface area contributed by atoms with Crippen LogP contribution in [0.5, 0.6) is 17.2 Å². The van der Waals surface area contributed by atoms with E-state index in [1.165, 1.54) is 21.0 Å². The van der Waals surface area contributed by atoms with E-state index in [1.807, 2.05) is 12.1 Å². The fourth-order valence-corrected chi connectivity index (χ4v) is 5.52. The lowest BCUT2D eigenvalue weighted by Gasteiger charge is -2.34. The van der Waals surface area contributed by atoms with Crippen molar-refractivity contribution in [2.45, 2.75) is 11.4 Å². The normalized spacial score (nSPS) is 15.6. The molecule has 0 amide bonds. The number of hydrogen-bond acceptors (Lipinski definition) is 8. The summed E-state index contributed by atoms with van der Waals surface area (Å²) in [6.45, 7) is 2.38. The number of benzene rings is 2. The molecule has 0 aliphatic carbocycles. The van der Waals surface area contributed by atoms with Crippen molar-refractivity contribution in [1.29, 1.82) is 0 Å². The van der Waals surface area contributed by atoms with Gasteiger partial charge in [-0.3, -0.25) is 9.47 Å². The smallest absolute Gasteiger partial charge is 0.419 e. The van der Waals surface area contributed by atoms with E-state index in [1.54, 1.807) is 34.4 Å². The molecule has 1 saturated heterocycles. The average Bonchev–Trinajstić information content (AvgIpc) is 3.11. The van der Waals surface area contributed by atoms with Crippen molar-refractivity contribution < 1.29 is 27.0 Å². The van der Waals surface area contributed by atoms with Crippen molar-refractivity contribution in [2.24, 2.45) is 7.05 Å². The largest absolute Gasteiger partial charge is 0.493 e. The zero-order valence-corrected chi connectivity index (χ0v) is 19.8. The molecule has 4 rings (SSSR count). The minimum Gasteiger partial charge on any atom is -0.493 e. The quantitative estimate of drug-likeness (QED) is 0.506. The number of aromatic nitrogens is 1. The van der Waals surface area contributed by atoms with Crippen LogP contribution in [0.4, 0.5) is 0 Å². The highest BCUT2D eigenvalue weighted by Gasteiger charge is 2.30. The van der Waals surface area contributed by atoms with Crippen LogP contribution in [0.15, 0.2) is 44.4 Å². The van der Waals surface area contributed by atoms with Gasteiger partial charge < -0.3 is 18.6 Å². The molecule has 33 heavy (non-hydrogen) atoms. The van der Waals surface area contributed by atoms with Gasteiger partial charge in [-0.15, -0.1) is 0 Å². The molecule has 0 N–H and O–H groups in total. The summed E-state index contributed by atoms with van der Waals surface area (Å²) in [7, 11) is 2.58. The van der Waals surface area contributed by atoms with Gasteiger partial charge in [0.05, 0.1) is 31.7 Å². The van der Waals surface area contributed by atoms with Crippen LogP contribution in [0.1, 0.15) is 5.56 Å². The molecule has 0 radical (unpaired) electrons. The summed E-state index contributed by atoms with van der Waals surface area (Å²) < 4.78 is 50.6. The topological polar surface area (TPSA) is 103 Å². The summed E-state index contributed by atoms with van der Waals surface area (Å²) in [5.41, 5.74) is 1.73. The number of oxazole rings is 1. The molecule has 0 saturated carbocycles. The third-order valence-electron chi connectivity index (χ3n) is 5.91. The number of hydrogen-bond donors (Lipinski definition) is 0. The minimum atomic E-state index is -3.71. The van der Waals surface area contributed by atoms with Gasteiger partial charge in [0.1, 0.15) is 0 Å². The second-order valence-electron chi connectivity index (χ2n) is 7.73. The molecule has 1 aliphatic heterocycles. The lowest BCUT2D eigenvalue weighted by molar-refractivity contribution is 0.179. The lowest BCUT2D eigenvalue weighted by atomic mass is 10.1. The fourth-order valence-electron chi connectivity index (χ4n) is 4.08. The standard InChI is InChI=1S/C22H27N3O7S/c1-23-17-7-6-16(13-19(17)32-22(23)26)33(27,28)25-11-9-24(10-12-25)14-15-5-8-18(29-2)21(31-4)20(15)30-3/h5-8,13H,9-12,14H2,1-4H3. The Balaban J connectivity index is 1.48. The average molecular weight is 478 g/mol. The zero-order chi connectivity index (χ0) is 23.8. The van der Waals surface area contributed by atoms with Gasteiger partial charge in [0, 0.05) is 51.4 Å². The molecule has 2 aromatic carbocycles. The predicted octanol–water partition coefficient (Wildman–Crippen LogP) is 1.66. The summed E-state index contributed by atoms with van der Waals surface area (Å²) in [6.07, 6.45) is 0. The molecule has 1 fully saturated rings. The third kappa shape index (κ3) is 4.19. The Morgan fingerprint density at radius 3 is 2.27 bits per heavy atom. The Labute approximate surface area is 191 Å². The van der Waals surface area contributed by atoms with E-state index in [4.69, 9.17) is 18.6 Å². The van der Waals surface area contributed by atoms with E-state index in [0.29, 0.717) is 55.5 Å². The second kappa shape index (κ2) is 9.08. The molecule has 3 aromatic rings. The molecular formula is C22H27N3O7S. The van der Waals surface area contributed by atoms with Crippen molar-refractivity contribution in [3.05, 3.63) is 46.4 Å². The van der Waals surface area contributed by atoms with Gasteiger partial charge in [-0.1, -0.05) is 6.07 Å². The maximum atomic E-state index is 13.2. The molecule has 11 heteroatoms. The van der Waals surface area contributed by atoms with E-state index in [2.05, 4.69) is 4.90 Å². The number of sulfonamides is 1. The summed E-state index contributed by atoms with van der Waals surface area (Å²) in [6, 6.07) is 8.26. The van der Waals surface area contributed by atoms with Gasteiger partial charge >= 0.3 is 5.76 Å². The fraction of sp³-hybridized carbons (Fsp3) is 0.409. The first kappa shape index (κ1) is 23.1. The summed E-state index contributed by atoms with van der Waals surface area (Å²) in [5.74, 6) is 1.19. The summed E-state index contributed by atoms with van der Waals surface area (Å²) in [5, 5.41) is 0. The molecule has 0 unspecified atom stereocenters. The highest BCUT2D eigenvalue weighted by molar-refractivity contribution is 7.89. The second-order valence-corrected chi connectivity index (χ2v) is 9.67. The monoisotopic (exact) mass is 477 g/mol. The lowest BCUT2D eigenvalue weighted by Crippen LogP contribution is -2.48. The first-order valence-corrected chi connectivity index (χ1v) is 11.8. The molecule has 2 heterocycles. The van der Waals surface area contributed by atoms with E-state index < -0.39 is 15.8 Å². The van der Waals surface area contributed by atoms with Crippen LogP contribution in [0.25, 0.3) is 11.1 Å². The number of aryl methyl sites for hydroxylation is 1. The number of methoxy groups -OCH3 is 3. The molecule has 0 spiro atoms. The Bertz CT molecular complexity index is 1320. The van der Waals surface area contributed by atoms with Gasteiger partial charge in [-0.2, -0.15) is 4.31 Å². The van der Waals surface area contributed by atoms with Crippen LogP contribution >= 0.6 is 0 Å². The van der Waals surface area contributed by atoms with Crippen LogP contribution < -0.4 is 20.0 Å². The number of piperazine rings is 1. The highest BCUT2D eigenvalue weighted by Crippen LogP contribution is 2.40. The summed E-state index contributed by atoms with van der Waals surface area (Å²) in [4.78, 5) is 14.0. The number of rotatable bonds is 7. The molecule has 1 aliphatic rings. The number of fused-ring (bicyclic) bond motifs is 1. The highest BCUT2D eigenvalue weighted by atomic mass is 32.2. The Morgan fingerprint density at radius 1 is 0.939 bits per heavy atom. The van der Waals surface area contributed by atoms with Crippen LogP contribution in [0.2, 0.25) is 0 Å². The van der Waals surface area contributed by atoms with E-state index >= 15 is 0 Å². The van der Waals surface area contributed by atoms with E-state index in [9.17, 15) is 13.2 Å². The molecule has 10 nitrogen and oxygen atoms in total. The van der Waals surface area contributed by atoms with Gasteiger partial charge in [0.2, 0.25) is 15.8 Å². The predicted molar refractivity (Wildman–Crippen MR) is 122 cm³/mol. The molecule has 178 valence electrons. The van der Waals surface area contributed by atoms with Gasteiger partial charge in [0.25, 0.3) is 0 Å². The van der Waals surface area contributed by atoms with Crippen molar-refractivity contribution in [3.63, 3.8) is 0 Å². The molecule has 1 aromatic heterocycles. The SMILES string of the molecule is COc1ccc(CN2CCN(S(=O)(=O)c3ccc4c(c3)oc(=O)n4C)CC2)c(OC)c1OC. The van der Waals surface area contributed by atoms with Crippen LogP contribution in [0.3, 0.4) is 0 Å². The van der Waals surface area contributed by atoms with Crippen molar-refractivity contribution >= 4 is 21.1 Å². The van der Waals surface area contributed by atoms with Crippen molar-refractivity contribution in [3.8, 4) is 17.2 Å². The Morgan fingerprint density at radius 2 is 1.64 bits per heavy atom. The van der Waals surface area contributed by atoms with E-state index in [0.717, 1.165) is 5.56 Å². The number of nitrogens with zero attached hydrogens (tertiary/aromatic N) is 3. The third-order valence-corrected chi connectivity index (χ3v) is 7.81. The molecule has 0 atom stereocenters. The Hall–Kier alpha value is -3.02. The minimum absolute atomic E-state index is 0.111. The summed E-state index contributed by atoms with van der Waals surface area (Å²) >= 11 is 0. The van der Waals surface area contributed by atoms with E-state index in [-0.39, 0.29) is 10.5 Å². The molecular weight excluding hydrogens is 450 g/mol.